The number of fused-ring (bicyclic) bond motifs is 1. The van der Waals surface area contributed by atoms with E-state index in [0.717, 1.165) is 24.4 Å². The van der Waals surface area contributed by atoms with Crippen LogP contribution < -0.4 is 11.3 Å². The maximum Gasteiger partial charge on any atom is 0.0576 e. The summed E-state index contributed by atoms with van der Waals surface area (Å²) in [6, 6.07) is 0.516. The summed E-state index contributed by atoms with van der Waals surface area (Å²) in [5, 5.41) is 0. The van der Waals surface area contributed by atoms with Crippen LogP contribution in [-0.2, 0) is 4.74 Å². The van der Waals surface area contributed by atoms with Gasteiger partial charge in [0.2, 0.25) is 0 Å². The highest BCUT2D eigenvalue weighted by Crippen LogP contribution is 2.44. The largest absolute Gasteiger partial charge is 0.378 e. The SMILES string of the molecule is NNC(CCC1CCCO1)C1CCC2CCCCC2C1. The molecule has 0 aromatic carbocycles. The van der Waals surface area contributed by atoms with Crippen molar-refractivity contribution in [1.29, 1.82) is 0 Å². The Balaban J connectivity index is 1.47. The molecule has 0 aromatic heterocycles. The van der Waals surface area contributed by atoms with E-state index in [-0.39, 0.29) is 0 Å². The molecule has 1 saturated heterocycles. The Morgan fingerprint density at radius 2 is 1.85 bits per heavy atom. The van der Waals surface area contributed by atoms with Crippen molar-refractivity contribution in [2.24, 2.45) is 23.6 Å². The molecule has 3 fully saturated rings. The van der Waals surface area contributed by atoms with Crippen LogP contribution in [0.25, 0.3) is 0 Å². The van der Waals surface area contributed by atoms with Crippen LogP contribution in [0.1, 0.15) is 70.6 Å². The van der Waals surface area contributed by atoms with Crippen molar-refractivity contribution >= 4 is 0 Å². The number of nitrogens with one attached hydrogen (secondary N) is 1. The zero-order valence-electron chi connectivity index (χ0n) is 12.9. The molecule has 1 aliphatic heterocycles. The Bertz CT molecular complexity index is 291. The fourth-order valence-electron chi connectivity index (χ4n) is 4.97. The molecule has 0 radical (unpaired) electrons. The van der Waals surface area contributed by atoms with Gasteiger partial charge in [-0.25, -0.2) is 0 Å². The fourth-order valence-corrected chi connectivity index (χ4v) is 4.97. The molecule has 1 heterocycles. The molecule has 2 aliphatic carbocycles. The Morgan fingerprint density at radius 3 is 2.60 bits per heavy atom. The lowest BCUT2D eigenvalue weighted by molar-refractivity contribution is 0.0824. The van der Waals surface area contributed by atoms with E-state index >= 15 is 0 Å². The van der Waals surface area contributed by atoms with Crippen molar-refractivity contribution < 1.29 is 4.74 Å². The highest BCUT2D eigenvalue weighted by molar-refractivity contribution is 4.88. The first-order chi connectivity index (χ1) is 9.86. The third-order valence-electron chi connectivity index (χ3n) is 6.19. The van der Waals surface area contributed by atoms with Crippen LogP contribution >= 0.6 is 0 Å². The summed E-state index contributed by atoms with van der Waals surface area (Å²) in [4.78, 5) is 0. The molecule has 116 valence electrons. The maximum absolute atomic E-state index is 5.87. The Labute approximate surface area is 124 Å². The van der Waals surface area contributed by atoms with Crippen LogP contribution in [0.15, 0.2) is 0 Å². The standard InChI is InChI=1S/C17H32N2O/c18-19-17(10-9-16-6-3-11-20-16)15-8-7-13-4-1-2-5-14(13)12-15/h13-17,19H,1-12,18H2. The highest BCUT2D eigenvalue weighted by Gasteiger charge is 2.35. The summed E-state index contributed by atoms with van der Waals surface area (Å²) < 4.78 is 5.75. The van der Waals surface area contributed by atoms with Crippen LogP contribution in [0, 0.1) is 17.8 Å². The molecule has 5 atom stereocenters. The zero-order chi connectivity index (χ0) is 13.8. The van der Waals surface area contributed by atoms with E-state index in [1.54, 1.807) is 0 Å². The molecule has 2 saturated carbocycles. The first-order valence-electron chi connectivity index (χ1n) is 8.94. The second kappa shape index (κ2) is 7.24. The average Bonchev–Trinajstić information content (AvgIpc) is 3.01. The van der Waals surface area contributed by atoms with E-state index in [1.807, 2.05) is 0 Å². The lowest BCUT2D eigenvalue weighted by Crippen LogP contribution is -2.44. The van der Waals surface area contributed by atoms with Gasteiger partial charge in [0.1, 0.15) is 0 Å². The molecule has 3 nitrogen and oxygen atoms in total. The highest BCUT2D eigenvalue weighted by atomic mass is 16.5. The van der Waals surface area contributed by atoms with Gasteiger partial charge in [-0.3, -0.25) is 11.3 Å². The van der Waals surface area contributed by atoms with E-state index in [2.05, 4.69) is 5.43 Å². The van der Waals surface area contributed by atoms with Crippen LogP contribution in [0.5, 0.6) is 0 Å². The summed E-state index contributed by atoms with van der Waals surface area (Å²) in [6.45, 7) is 0.971. The minimum Gasteiger partial charge on any atom is -0.378 e. The van der Waals surface area contributed by atoms with Gasteiger partial charge in [-0.2, -0.15) is 0 Å². The quantitative estimate of drug-likeness (QED) is 0.599. The molecular formula is C17H32N2O. The second-order valence-corrected chi connectivity index (χ2v) is 7.36. The van der Waals surface area contributed by atoms with Crippen LogP contribution in [0.2, 0.25) is 0 Å². The second-order valence-electron chi connectivity index (χ2n) is 7.36. The molecule has 0 bridgehead atoms. The number of hydrogen-bond donors (Lipinski definition) is 2. The van der Waals surface area contributed by atoms with Crippen molar-refractivity contribution in [3.8, 4) is 0 Å². The van der Waals surface area contributed by atoms with Gasteiger partial charge in [-0.1, -0.05) is 25.7 Å². The van der Waals surface area contributed by atoms with Gasteiger partial charge in [0, 0.05) is 12.6 Å². The number of ether oxygens (including phenoxy) is 1. The predicted octanol–water partition coefficient (Wildman–Crippen LogP) is 3.38. The molecule has 3 heteroatoms. The molecule has 3 aliphatic rings. The fraction of sp³-hybridized carbons (Fsp3) is 1.00. The van der Waals surface area contributed by atoms with E-state index in [9.17, 15) is 0 Å². The van der Waals surface area contributed by atoms with Gasteiger partial charge in [0.25, 0.3) is 0 Å². The van der Waals surface area contributed by atoms with Gasteiger partial charge in [-0.05, 0) is 62.7 Å². The molecule has 3 rings (SSSR count). The molecule has 0 spiro atoms. The van der Waals surface area contributed by atoms with E-state index < -0.39 is 0 Å². The molecule has 0 amide bonds. The van der Waals surface area contributed by atoms with Crippen LogP contribution in [-0.4, -0.2) is 18.8 Å². The van der Waals surface area contributed by atoms with E-state index in [1.165, 1.54) is 70.6 Å². The summed E-state index contributed by atoms with van der Waals surface area (Å²) in [6.07, 6.45) is 15.6. The van der Waals surface area contributed by atoms with Crippen LogP contribution in [0.4, 0.5) is 0 Å². The number of hydrazine groups is 1. The van der Waals surface area contributed by atoms with Gasteiger partial charge in [-0.15, -0.1) is 0 Å². The van der Waals surface area contributed by atoms with Crippen molar-refractivity contribution in [2.75, 3.05) is 6.61 Å². The third kappa shape index (κ3) is 3.55. The Hall–Kier alpha value is -0.120. The zero-order valence-corrected chi connectivity index (χ0v) is 12.9. The van der Waals surface area contributed by atoms with Gasteiger partial charge in [0.15, 0.2) is 0 Å². The molecule has 20 heavy (non-hydrogen) atoms. The van der Waals surface area contributed by atoms with Crippen LogP contribution in [0.3, 0.4) is 0 Å². The van der Waals surface area contributed by atoms with Gasteiger partial charge in [0.05, 0.1) is 6.10 Å². The van der Waals surface area contributed by atoms with E-state index in [4.69, 9.17) is 10.6 Å². The number of rotatable bonds is 5. The molecule has 5 unspecified atom stereocenters. The number of hydrogen-bond acceptors (Lipinski definition) is 3. The van der Waals surface area contributed by atoms with E-state index in [0.29, 0.717) is 12.1 Å². The smallest absolute Gasteiger partial charge is 0.0576 e. The maximum atomic E-state index is 5.87. The van der Waals surface area contributed by atoms with Crippen molar-refractivity contribution in [1.82, 2.24) is 5.43 Å². The average molecular weight is 280 g/mol. The van der Waals surface area contributed by atoms with Crippen molar-refractivity contribution in [2.45, 2.75) is 82.8 Å². The van der Waals surface area contributed by atoms with Gasteiger partial charge >= 0.3 is 0 Å². The first-order valence-corrected chi connectivity index (χ1v) is 8.94. The van der Waals surface area contributed by atoms with Gasteiger partial charge < -0.3 is 4.74 Å². The molecule has 3 N–H and O–H groups in total. The summed E-state index contributed by atoms with van der Waals surface area (Å²) >= 11 is 0. The lowest BCUT2D eigenvalue weighted by Gasteiger charge is -2.42. The molecule has 0 aromatic rings. The molecular weight excluding hydrogens is 248 g/mol. The summed E-state index contributed by atoms with van der Waals surface area (Å²) in [5.74, 6) is 8.71. The topological polar surface area (TPSA) is 47.3 Å². The van der Waals surface area contributed by atoms with Crippen molar-refractivity contribution in [3.05, 3.63) is 0 Å². The monoisotopic (exact) mass is 280 g/mol. The Kier molecular flexibility index (Phi) is 5.36. The van der Waals surface area contributed by atoms with Crippen molar-refractivity contribution in [3.63, 3.8) is 0 Å². The normalized spacial score (nSPS) is 39.5. The summed E-state index contributed by atoms with van der Waals surface area (Å²) in [7, 11) is 0. The predicted molar refractivity (Wildman–Crippen MR) is 82.1 cm³/mol. The number of nitrogens with two attached hydrogens (primary N) is 1. The minimum atomic E-state index is 0.511. The minimum absolute atomic E-state index is 0.511. The lowest BCUT2D eigenvalue weighted by atomic mass is 9.66. The summed E-state index contributed by atoms with van der Waals surface area (Å²) in [5.41, 5.74) is 3.14. The first kappa shape index (κ1) is 14.8. The third-order valence-corrected chi connectivity index (χ3v) is 6.19. The Morgan fingerprint density at radius 1 is 1.00 bits per heavy atom.